The Balaban J connectivity index is 1.59. The lowest BCUT2D eigenvalue weighted by Crippen LogP contribution is -2.48. The number of hydrogen-bond acceptors (Lipinski definition) is 7. The molecule has 1 aromatic heterocycles. The van der Waals surface area contributed by atoms with Crippen LogP contribution in [0.25, 0.3) is 23.0 Å². The van der Waals surface area contributed by atoms with Crippen molar-refractivity contribution in [2.75, 3.05) is 20.1 Å². The molecule has 3 aromatic rings. The summed E-state index contributed by atoms with van der Waals surface area (Å²) in [5.74, 6) is -0.180. The van der Waals surface area contributed by atoms with Gasteiger partial charge in [-0.2, -0.15) is 9.40 Å². The van der Waals surface area contributed by atoms with E-state index >= 15 is 0 Å². The summed E-state index contributed by atoms with van der Waals surface area (Å²) in [4.78, 5) is 14.8. The Morgan fingerprint density at radius 2 is 1.78 bits per heavy atom. The van der Waals surface area contributed by atoms with Crippen LogP contribution in [0.15, 0.2) is 70.6 Å². The summed E-state index contributed by atoms with van der Waals surface area (Å²) in [5.41, 5.74) is 2.71. The molecule has 1 amide bonds. The number of carbonyl (C=O) groups excluding carboxylic acids is 1. The standard InChI is InChI=1S/C26H26N4O4S3/c1-17-14-29(15-18(2)34-17)37(32,33)22-11-7-8-19(12-22)24-20(13-23-25(31)28(3)26(35)36-23)16-30(27-24)21-9-5-4-6-10-21/h4-13,16-18H,14-15H2,1-3H3/b23-13-/t17-,18-/m1/s1. The molecule has 192 valence electrons. The normalized spacial score (nSPS) is 22.2. The van der Waals surface area contributed by atoms with Crippen LogP contribution in [0.5, 0.6) is 0 Å². The van der Waals surface area contributed by atoms with Crippen molar-refractivity contribution in [3.05, 3.63) is 71.3 Å². The van der Waals surface area contributed by atoms with Crippen molar-refractivity contribution in [1.82, 2.24) is 19.0 Å². The Morgan fingerprint density at radius 3 is 2.43 bits per heavy atom. The number of aromatic nitrogens is 2. The van der Waals surface area contributed by atoms with Crippen molar-refractivity contribution in [2.45, 2.75) is 31.0 Å². The first kappa shape index (κ1) is 25.8. The first-order valence-corrected chi connectivity index (χ1v) is 14.4. The molecule has 5 rings (SSSR count). The first-order valence-electron chi connectivity index (χ1n) is 11.8. The smallest absolute Gasteiger partial charge is 0.265 e. The van der Waals surface area contributed by atoms with E-state index in [-0.39, 0.29) is 23.0 Å². The van der Waals surface area contributed by atoms with Crippen LogP contribution in [-0.2, 0) is 19.6 Å². The number of benzene rings is 2. The minimum Gasteiger partial charge on any atom is -0.373 e. The zero-order valence-corrected chi connectivity index (χ0v) is 23.0. The number of morpholine rings is 1. The maximum absolute atomic E-state index is 13.5. The molecule has 8 nitrogen and oxygen atoms in total. The van der Waals surface area contributed by atoms with Crippen LogP contribution in [0, 0.1) is 0 Å². The molecular weight excluding hydrogens is 529 g/mol. The summed E-state index contributed by atoms with van der Waals surface area (Å²) in [6.07, 6.45) is 3.22. The molecule has 3 heterocycles. The molecule has 2 aliphatic rings. The summed E-state index contributed by atoms with van der Waals surface area (Å²) in [6, 6.07) is 16.4. The molecule has 2 aliphatic heterocycles. The molecule has 0 aliphatic carbocycles. The second-order valence-corrected chi connectivity index (χ2v) is 12.7. The molecule has 0 unspecified atom stereocenters. The van der Waals surface area contributed by atoms with Crippen LogP contribution in [0.4, 0.5) is 0 Å². The number of sulfonamides is 1. The van der Waals surface area contributed by atoms with Gasteiger partial charge in [0.05, 0.1) is 27.7 Å². The van der Waals surface area contributed by atoms with Crippen LogP contribution < -0.4 is 0 Å². The quantitative estimate of drug-likeness (QED) is 0.346. The van der Waals surface area contributed by atoms with Gasteiger partial charge < -0.3 is 4.74 Å². The molecule has 0 N–H and O–H groups in total. The van der Waals surface area contributed by atoms with E-state index in [0.717, 1.165) is 5.69 Å². The molecule has 0 bridgehead atoms. The summed E-state index contributed by atoms with van der Waals surface area (Å²) in [7, 11) is -2.09. The number of amides is 1. The van der Waals surface area contributed by atoms with E-state index in [1.54, 1.807) is 36.0 Å². The highest BCUT2D eigenvalue weighted by atomic mass is 32.2. The number of para-hydroxylation sites is 1. The summed E-state index contributed by atoms with van der Waals surface area (Å²) in [6.45, 7) is 4.33. The maximum atomic E-state index is 13.5. The van der Waals surface area contributed by atoms with Gasteiger partial charge >= 0.3 is 0 Å². The fourth-order valence-electron chi connectivity index (χ4n) is 4.40. The Labute approximate surface area is 226 Å². The number of nitrogens with zero attached hydrogens (tertiary/aromatic N) is 4. The lowest BCUT2D eigenvalue weighted by molar-refractivity contribution is -0.121. The highest BCUT2D eigenvalue weighted by Crippen LogP contribution is 2.35. The molecule has 2 atom stereocenters. The van der Waals surface area contributed by atoms with Crippen LogP contribution in [-0.4, -0.2) is 70.0 Å². The Kier molecular flexibility index (Phi) is 7.08. The average molecular weight is 555 g/mol. The number of thioether (sulfide) groups is 1. The fraction of sp³-hybridized carbons (Fsp3) is 0.269. The highest BCUT2D eigenvalue weighted by molar-refractivity contribution is 8.26. The largest absolute Gasteiger partial charge is 0.373 e. The third-order valence-electron chi connectivity index (χ3n) is 6.17. The van der Waals surface area contributed by atoms with Gasteiger partial charge in [0.25, 0.3) is 5.91 Å². The van der Waals surface area contributed by atoms with Crippen molar-refractivity contribution in [2.24, 2.45) is 0 Å². The number of rotatable bonds is 5. The van der Waals surface area contributed by atoms with E-state index in [9.17, 15) is 13.2 Å². The van der Waals surface area contributed by atoms with E-state index < -0.39 is 10.0 Å². The Bertz CT molecular complexity index is 1490. The van der Waals surface area contributed by atoms with Gasteiger partial charge in [-0.3, -0.25) is 9.69 Å². The molecule has 0 spiro atoms. The second kappa shape index (κ2) is 10.1. The molecule has 2 fully saturated rings. The minimum atomic E-state index is -3.74. The van der Waals surface area contributed by atoms with Gasteiger partial charge in [-0.1, -0.05) is 54.3 Å². The van der Waals surface area contributed by atoms with Crippen LogP contribution in [0.1, 0.15) is 19.4 Å². The fourth-order valence-corrected chi connectivity index (χ4v) is 7.20. The number of hydrogen-bond donors (Lipinski definition) is 0. The van der Waals surface area contributed by atoms with E-state index in [1.165, 1.54) is 21.0 Å². The Hall–Kier alpha value is -2.83. The van der Waals surface area contributed by atoms with E-state index in [0.29, 0.717) is 39.1 Å². The van der Waals surface area contributed by atoms with Gasteiger partial charge in [0.1, 0.15) is 10.0 Å². The molecule has 37 heavy (non-hydrogen) atoms. The first-order chi connectivity index (χ1) is 17.6. The highest BCUT2D eigenvalue weighted by Gasteiger charge is 2.33. The summed E-state index contributed by atoms with van der Waals surface area (Å²) < 4.78 is 36.5. The minimum absolute atomic E-state index is 0.180. The summed E-state index contributed by atoms with van der Waals surface area (Å²) >= 11 is 6.51. The van der Waals surface area contributed by atoms with E-state index in [2.05, 4.69) is 0 Å². The SMILES string of the molecule is C[C@@H]1CN(S(=O)(=O)c2cccc(-c3nn(-c4ccccc4)cc3/C=C3\SC(=S)N(C)C3=O)c2)C[C@@H](C)O1. The monoisotopic (exact) mass is 554 g/mol. The Morgan fingerprint density at radius 1 is 1.08 bits per heavy atom. The van der Waals surface area contributed by atoms with Crippen LogP contribution in [0.2, 0.25) is 0 Å². The maximum Gasteiger partial charge on any atom is 0.265 e. The van der Waals surface area contributed by atoms with Crippen molar-refractivity contribution < 1.29 is 17.9 Å². The lowest BCUT2D eigenvalue weighted by atomic mass is 10.1. The predicted molar refractivity (Wildman–Crippen MR) is 149 cm³/mol. The van der Waals surface area contributed by atoms with Gasteiger partial charge in [0, 0.05) is 37.5 Å². The van der Waals surface area contributed by atoms with Crippen molar-refractivity contribution in [3.8, 4) is 16.9 Å². The van der Waals surface area contributed by atoms with Crippen LogP contribution >= 0.6 is 24.0 Å². The zero-order chi connectivity index (χ0) is 26.3. The second-order valence-electron chi connectivity index (χ2n) is 9.06. The molecule has 11 heteroatoms. The zero-order valence-electron chi connectivity index (χ0n) is 20.6. The topological polar surface area (TPSA) is 84.7 Å². The molecule has 2 saturated heterocycles. The number of ether oxygens (including phenoxy) is 1. The van der Waals surface area contributed by atoms with Crippen molar-refractivity contribution in [3.63, 3.8) is 0 Å². The van der Waals surface area contributed by atoms with Crippen molar-refractivity contribution in [1.29, 1.82) is 0 Å². The van der Waals surface area contributed by atoms with E-state index in [1.807, 2.05) is 56.4 Å². The van der Waals surface area contributed by atoms with Gasteiger partial charge in [-0.25, -0.2) is 13.1 Å². The number of thiocarbonyl (C=S) groups is 1. The van der Waals surface area contributed by atoms with Gasteiger partial charge in [0.15, 0.2) is 0 Å². The van der Waals surface area contributed by atoms with Gasteiger partial charge in [-0.15, -0.1) is 0 Å². The average Bonchev–Trinajstić information content (AvgIpc) is 3.41. The third kappa shape index (κ3) is 5.14. The molecular formula is C26H26N4O4S3. The van der Waals surface area contributed by atoms with Crippen molar-refractivity contribution >= 4 is 50.3 Å². The molecule has 2 aromatic carbocycles. The lowest BCUT2D eigenvalue weighted by Gasteiger charge is -2.34. The third-order valence-corrected chi connectivity index (χ3v) is 9.48. The van der Waals surface area contributed by atoms with Gasteiger partial charge in [-0.05, 0) is 44.2 Å². The summed E-state index contributed by atoms with van der Waals surface area (Å²) in [5, 5.41) is 4.79. The number of likely N-dealkylation sites (N-methyl/N-ethyl adjacent to an activating group) is 1. The number of carbonyl (C=O) groups is 1. The molecule has 0 saturated carbocycles. The van der Waals surface area contributed by atoms with Gasteiger partial charge in [0.2, 0.25) is 10.0 Å². The van der Waals surface area contributed by atoms with Crippen LogP contribution in [0.3, 0.4) is 0 Å². The van der Waals surface area contributed by atoms with E-state index in [4.69, 9.17) is 22.1 Å². The predicted octanol–water partition coefficient (Wildman–Crippen LogP) is 4.17. The molecule has 0 radical (unpaired) electrons.